The highest BCUT2D eigenvalue weighted by atomic mass is 32.2. The van der Waals surface area contributed by atoms with E-state index < -0.39 is 28.3 Å². The van der Waals surface area contributed by atoms with Crippen molar-refractivity contribution < 1.29 is 18.0 Å². The molecule has 0 aromatic heterocycles. The Bertz CT molecular complexity index is 577. The zero-order valence-electron chi connectivity index (χ0n) is 9.29. The summed E-state index contributed by atoms with van der Waals surface area (Å²) < 4.78 is 23.1. The van der Waals surface area contributed by atoms with Crippen LogP contribution in [0.2, 0.25) is 0 Å². The third-order valence-electron chi connectivity index (χ3n) is 1.88. The number of nitrogens with two attached hydrogens (primary N) is 1. The van der Waals surface area contributed by atoms with Gasteiger partial charge in [0.1, 0.15) is 6.61 Å². The predicted molar refractivity (Wildman–Crippen MR) is 62.1 cm³/mol. The van der Waals surface area contributed by atoms with Gasteiger partial charge in [-0.3, -0.25) is 9.63 Å². The summed E-state index contributed by atoms with van der Waals surface area (Å²) in [5.74, 6) is -1.22. The van der Waals surface area contributed by atoms with Crippen molar-refractivity contribution in [2.24, 2.45) is 5.73 Å². The SMILES string of the molecule is N#Cc1ccccc1CS(=O)(=O)NOCC(N)=O. The van der Waals surface area contributed by atoms with Gasteiger partial charge in [0, 0.05) is 0 Å². The van der Waals surface area contributed by atoms with Crippen molar-refractivity contribution in [1.82, 2.24) is 4.89 Å². The van der Waals surface area contributed by atoms with E-state index >= 15 is 0 Å². The molecule has 3 N–H and O–H groups in total. The fourth-order valence-electron chi connectivity index (χ4n) is 1.18. The lowest BCUT2D eigenvalue weighted by molar-refractivity contribution is -0.123. The Morgan fingerprint density at radius 1 is 1.44 bits per heavy atom. The third-order valence-corrected chi connectivity index (χ3v) is 2.95. The van der Waals surface area contributed by atoms with E-state index in [0.29, 0.717) is 5.56 Å². The van der Waals surface area contributed by atoms with E-state index in [4.69, 9.17) is 11.0 Å². The van der Waals surface area contributed by atoms with Crippen molar-refractivity contribution in [3.05, 3.63) is 35.4 Å². The number of hydrogen-bond acceptors (Lipinski definition) is 5. The molecule has 1 aromatic carbocycles. The van der Waals surface area contributed by atoms with Crippen LogP contribution in [-0.4, -0.2) is 20.9 Å². The number of primary amides is 1. The second-order valence-corrected chi connectivity index (χ2v) is 5.05. The maximum Gasteiger partial charge on any atom is 0.245 e. The van der Waals surface area contributed by atoms with Gasteiger partial charge in [-0.15, -0.1) is 0 Å². The molecule has 0 saturated carbocycles. The molecule has 0 fully saturated rings. The number of nitrogens with zero attached hydrogens (tertiary/aromatic N) is 1. The summed E-state index contributed by atoms with van der Waals surface area (Å²) in [4.78, 5) is 16.5. The van der Waals surface area contributed by atoms with E-state index in [0.717, 1.165) is 0 Å². The van der Waals surface area contributed by atoms with Gasteiger partial charge in [0.2, 0.25) is 15.9 Å². The van der Waals surface area contributed by atoms with Crippen molar-refractivity contribution in [3.8, 4) is 6.07 Å². The number of rotatable bonds is 6. The van der Waals surface area contributed by atoms with Crippen molar-refractivity contribution in [1.29, 1.82) is 5.26 Å². The van der Waals surface area contributed by atoms with Crippen LogP contribution < -0.4 is 10.6 Å². The highest BCUT2D eigenvalue weighted by molar-refractivity contribution is 7.88. The van der Waals surface area contributed by atoms with Gasteiger partial charge in [-0.2, -0.15) is 5.26 Å². The van der Waals surface area contributed by atoms with E-state index in [1.807, 2.05) is 6.07 Å². The van der Waals surface area contributed by atoms with Crippen molar-refractivity contribution in [2.75, 3.05) is 6.61 Å². The average molecular weight is 269 g/mol. The monoisotopic (exact) mass is 269 g/mol. The molecule has 1 amide bonds. The van der Waals surface area contributed by atoms with Crippen LogP contribution in [-0.2, 0) is 25.4 Å². The van der Waals surface area contributed by atoms with Crippen molar-refractivity contribution >= 4 is 15.9 Å². The van der Waals surface area contributed by atoms with E-state index in [-0.39, 0.29) is 5.56 Å². The van der Waals surface area contributed by atoms with E-state index in [9.17, 15) is 13.2 Å². The zero-order chi connectivity index (χ0) is 13.6. The van der Waals surface area contributed by atoms with Gasteiger partial charge in [0.15, 0.2) is 0 Å². The number of benzene rings is 1. The molecule has 0 aliphatic heterocycles. The second kappa shape index (κ2) is 6.11. The van der Waals surface area contributed by atoms with E-state index in [1.54, 1.807) is 17.0 Å². The number of nitrogens with one attached hydrogen (secondary N) is 1. The number of nitriles is 1. The Hall–Kier alpha value is -1.95. The molecule has 0 aliphatic carbocycles. The molecule has 0 radical (unpaired) electrons. The summed E-state index contributed by atoms with van der Waals surface area (Å²) in [7, 11) is -3.79. The van der Waals surface area contributed by atoms with Crippen LogP contribution in [0.25, 0.3) is 0 Å². The lowest BCUT2D eigenvalue weighted by Crippen LogP contribution is -2.30. The first-order valence-electron chi connectivity index (χ1n) is 4.82. The standard InChI is InChI=1S/C10H11N3O4S/c11-5-8-3-1-2-4-9(8)7-18(15,16)13-17-6-10(12)14/h1-4,13H,6-7H2,(H2,12,14). The quantitative estimate of drug-likeness (QED) is 0.667. The maximum absolute atomic E-state index is 11.6. The van der Waals surface area contributed by atoms with Gasteiger partial charge in [0.25, 0.3) is 0 Å². The first kappa shape index (κ1) is 14.1. The smallest absolute Gasteiger partial charge is 0.245 e. The molecular formula is C10H11N3O4S. The van der Waals surface area contributed by atoms with Gasteiger partial charge in [-0.1, -0.05) is 23.1 Å². The van der Waals surface area contributed by atoms with Crippen LogP contribution in [0.4, 0.5) is 0 Å². The fourth-order valence-corrected chi connectivity index (χ4v) is 2.14. The summed E-state index contributed by atoms with van der Waals surface area (Å²) in [6.45, 7) is -0.556. The topological polar surface area (TPSA) is 122 Å². The normalized spacial score (nSPS) is 10.8. The predicted octanol–water partition coefficient (Wildman–Crippen LogP) is -0.605. The zero-order valence-corrected chi connectivity index (χ0v) is 10.1. The number of amides is 1. The lowest BCUT2D eigenvalue weighted by atomic mass is 10.1. The van der Waals surface area contributed by atoms with Crippen molar-refractivity contribution in [3.63, 3.8) is 0 Å². The molecule has 0 aliphatic rings. The first-order valence-corrected chi connectivity index (χ1v) is 6.47. The van der Waals surface area contributed by atoms with Crippen LogP contribution >= 0.6 is 0 Å². The minimum atomic E-state index is -3.79. The minimum Gasteiger partial charge on any atom is -0.368 e. The van der Waals surface area contributed by atoms with Gasteiger partial charge in [-0.05, 0) is 11.6 Å². The third kappa shape index (κ3) is 4.50. The van der Waals surface area contributed by atoms with E-state index in [1.165, 1.54) is 12.1 Å². The molecule has 8 heteroatoms. The summed E-state index contributed by atoms with van der Waals surface area (Å²) >= 11 is 0. The van der Waals surface area contributed by atoms with Gasteiger partial charge < -0.3 is 5.73 Å². The Morgan fingerprint density at radius 2 is 2.11 bits per heavy atom. The Labute approximate surface area is 104 Å². The molecule has 0 unspecified atom stereocenters. The Kier molecular flexibility index (Phi) is 4.79. The molecule has 1 rings (SSSR count). The second-order valence-electron chi connectivity index (χ2n) is 3.37. The number of sulfonamides is 1. The van der Waals surface area contributed by atoms with Crippen LogP contribution in [0.15, 0.2) is 24.3 Å². The van der Waals surface area contributed by atoms with Gasteiger partial charge >= 0.3 is 0 Å². The molecule has 0 bridgehead atoms. The van der Waals surface area contributed by atoms with Crippen molar-refractivity contribution in [2.45, 2.75) is 5.75 Å². The molecule has 96 valence electrons. The van der Waals surface area contributed by atoms with Gasteiger partial charge in [0.05, 0.1) is 17.4 Å². The number of hydrogen-bond donors (Lipinski definition) is 2. The first-order chi connectivity index (χ1) is 8.44. The summed E-state index contributed by atoms with van der Waals surface area (Å²) in [6, 6.07) is 8.17. The van der Waals surface area contributed by atoms with Crippen LogP contribution in [0.1, 0.15) is 11.1 Å². The number of carbonyl (C=O) groups is 1. The average Bonchev–Trinajstić information content (AvgIpc) is 2.28. The largest absolute Gasteiger partial charge is 0.368 e. The maximum atomic E-state index is 11.6. The summed E-state index contributed by atoms with van der Waals surface area (Å²) in [6.07, 6.45) is 0. The molecule has 0 spiro atoms. The molecular weight excluding hydrogens is 258 g/mol. The molecule has 0 heterocycles. The highest BCUT2D eigenvalue weighted by Crippen LogP contribution is 2.10. The number of carbonyl (C=O) groups excluding carboxylic acids is 1. The molecule has 0 atom stereocenters. The molecule has 0 saturated heterocycles. The Balaban J connectivity index is 2.71. The minimum absolute atomic E-state index is 0.262. The van der Waals surface area contributed by atoms with Crippen LogP contribution in [0.3, 0.4) is 0 Å². The Morgan fingerprint density at radius 3 is 2.72 bits per heavy atom. The summed E-state index contributed by atoms with van der Waals surface area (Å²) in [5.41, 5.74) is 5.38. The summed E-state index contributed by atoms with van der Waals surface area (Å²) in [5, 5.41) is 8.81. The molecule has 1 aromatic rings. The molecule has 7 nitrogen and oxygen atoms in total. The lowest BCUT2D eigenvalue weighted by Gasteiger charge is -2.06. The van der Waals surface area contributed by atoms with Crippen LogP contribution in [0, 0.1) is 11.3 Å². The van der Waals surface area contributed by atoms with Gasteiger partial charge in [-0.25, -0.2) is 8.42 Å². The molecule has 18 heavy (non-hydrogen) atoms. The highest BCUT2D eigenvalue weighted by Gasteiger charge is 2.14. The fraction of sp³-hybridized carbons (Fsp3) is 0.200. The van der Waals surface area contributed by atoms with E-state index in [2.05, 4.69) is 4.84 Å². The van der Waals surface area contributed by atoms with Crippen LogP contribution in [0.5, 0.6) is 0 Å².